The maximum atomic E-state index is 12.2. The van der Waals surface area contributed by atoms with Crippen LogP contribution in [0.4, 0.5) is 0 Å². The van der Waals surface area contributed by atoms with Crippen LogP contribution in [-0.4, -0.2) is 41.5 Å². The Morgan fingerprint density at radius 2 is 1.19 bits per heavy atom. The van der Waals surface area contributed by atoms with Crippen molar-refractivity contribution in [2.24, 2.45) is 0 Å². The molecule has 0 saturated carbocycles. The third-order valence-electron chi connectivity index (χ3n) is 2.82. The first-order chi connectivity index (χ1) is 9.75. The van der Waals surface area contributed by atoms with Gasteiger partial charge in [-0.1, -0.05) is 0 Å². The molecular weight excluding hydrogens is 284 g/mol. The summed E-state index contributed by atoms with van der Waals surface area (Å²) in [5, 5.41) is 66.1. The molecule has 0 spiro atoms. The van der Waals surface area contributed by atoms with Crippen LogP contribution >= 0.6 is 0 Å². The molecule has 0 fully saturated rings. The molecule has 110 valence electrons. The highest BCUT2D eigenvalue weighted by Crippen LogP contribution is 2.51. The number of benzene rings is 2. The van der Waals surface area contributed by atoms with Gasteiger partial charge in [0.15, 0.2) is 11.5 Å². The fourth-order valence-corrected chi connectivity index (χ4v) is 1.74. The average molecular weight is 294 g/mol. The normalized spacial score (nSPS) is 10.5. The van der Waals surface area contributed by atoms with Gasteiger partial charge in [-0.2, -0.15) is 0 Å². The molecule has 2 aromatic carbocycles. The van der Waals surface area contributed by atoms with Crippen LogP contribution in [0.25, 0.3) is 0 Å². The Morgan fingerprint density at radius 3 is 1.71 bits per heavy atom. The highest BCUT2D eigenvalue weighted by Gasteiger charge is 2.29. The molecule has 0 atom stereocenters. The van der Waals surface area contributed by atoms with E-state index >= 15 is 0 Å². The van der Waals surface area contributed by atoms with Gasteiger partial charge >= 0.3 is 0 Å². The molecule has 0 aliphatic carbocycles. The van der Waals surface area contributed by atoms with Gasteiger partial charge in [-0.05, 0) is 18.2 Å². The van der Waals surface area contributed by atoms with Crippen molar-refractivity contribution >= 4 is 5.78 Å². The number of rotatable bonds is 2. The van der Waals surface area contributed by atoms with Gasteiger partial charge in [0.25, 0.3) is 0 Å². The summed E-state index contributed by atoms with van der Waals surface area (Å²) in [4.78, 5) is 12.2. The highest BCUT2D eigenvalue weighted by molar-refractivity contribution is 6.15. The van der Waals surface area contributed by atoms with E-state index in [1.54, 1.807) is 0 Å². The van der Waals surface area contributed by atoms with Gasteiger partial charge in [-0.3, -0.25) is 4.79 Å². The van der Waals surface area contributed by atoms with Crippen LogP contribution in [0.15, 0.2) is 18.2 Å². The summed E-state index contributed by atoms with van der Waals surface area (Å²) in [7, 11) is 0. The minimum atomic E-state index is -1.21. The minimum Gasteiger partial charge on any atom is -0.508 e. The first-order valence-corrected chi connectivity index (χ1v) is 5.51. The van der Waals surface area contributed by atoms with Crippen molar-refractivity contribution in [2.75, 3.05) is 0 Å². The zero-order valence-electron chi connectivity index (χ0n) is 10.3. The lowest BCUT2D eigenvalue weighted by Crippen LogP contribution is -2.03. The molecule has 8 heteroatoms. The second-order valence-corrected chi connectivity index (χ2v) is 4.15. The Morgan fingerprint density at radius 1 is 0.714 bits per heavy atom. The molecule has 0 aromatic heterocycles. The summed E-state index contributed by atoms with van der Waals surface area (Å²) in [5.74, 6) is -8.13. The fourth-order valence-electron chi connectivity index (χ4n) is 1.74. The van der Waals surface area contributed by atoms with Gasteiger partial charge in [0, 0.05) is 0 Å². The molecule has 0 amide bonds. The lowest BCUT2D eigenvalue weighted by molar-refractivity contribution is 0.102. The average Bonchev–Trinajstić information content (AvgIpc) is 2.45. The van der Waals surface area contributed by atoms with Crippen molar-refractivity contribution < 1.29 is 40.5 Å². The van der Waals surface area contributed by atoms with Gasteiger partial charge < -0.3 is 35.7 Å². The van der Waals surface area contributed by atoms with Crippen LogP contribution in [0.3, 0.4) is 0 Å². The van der Waals surface area contributed by atoms with Crippen molar-refractivity contribution in [3.63, 3.8) is 0 Å². The summed E-state index contributed by atoms with van der Waals surface area (Å²) < 4.78 is 0. The second-order valence-electron chi connectivity index (χ2n) is 4.15. The summed E-state index contributed by atoms with van der Waals surface area (Å²) in [6.07, 6.45) is 0. The number of carbonyl (C=O) groups excluding carboxylic acids is 1. The van der Waals surface area contributed by atoms with Crippen LogP contribution < -0.4 is 0 Å². The standard InChI is InChI=1S/C13H10O8/c14-4-1-2-6(15)5(3-4)8(16)7-9(17)11(19)13(21)12(20)10(7)18/h1-3,14-15,17-21H. The minimum absolute atomic E-state index is 0.373. The summed E-state index contributed by atoms with van der Waals surface area (Å²) in [6.45, 7) is 0. The number of aromatic hydroxyl groups is 7. The predicted molar refractivity (Wildman–Crippen MR) is 68.0 cm³/mol. The molecule has 7 N–H and O–H groups in total. The molecule has 0 heterocycles. The van der Waals surface area contributed by atoms with Crippen LogP contribution in [0.2, 0.25) is 0 Å². The number of carbonyl (C=O) groups is 1. The predicted octanol–water partition coefficient (Wildman–Crippen LogP) is 0.857. The topological polar surface area (TPSA) is 159 Å². The van der Waals surface area contributed by atoms with Crippen LogP contribution in [-0.2, 0) is 0 Å². The van der Waals surface area contributed by atoms with Gasteiger partial charge in [-0.15, -0.1) is 0 Å². The quantitative estimate of drug-likeness (QED) is 0.244. The lowest BCUT2D eigenvalue weighted by Gasteiger charge is -2.12. The van der Waals surface area contributed by atoms with Crippen molar-refractivity contribution in [3.8, 4) is 40.2 Å². The van der Waals surface area contributed by atoms with E-state index < -0.39 is 51.4 Å². The first kappa shape index (κ1) is 14.1. The molecule has 2 rings (SSSR count). The first-order valence-electron chi connectivity index (χ1n) is 5.51. The van der Waals surface area contributed by atoms with E-state index in [0.717, 1.165) is 18.2 Å². The van der Waals surface area contributed by atoms with Crippen LogP contribution in [0.1, 0.15) is 15.9 Å². The molecule has 21 heavy (non-hydrogen) atoms. The maximum Gasteiger partial charge on any atom is 0.208 e. The van der Waals surface area contributed by atoms with E-state index in [0.29, 0.717) is 0 Å². The third kappa shape index (κ3) is 2.08. The van der Waals surface area contributed by atoms with E-state index in [1.807, 2.05) is 0 Å². The Balaban J connectivity index is 2.73. The second kappa shape index (κ2) is 4.67. The Bertz CT molecular complexity index is 721. The summed E-state index contributed by atoms with van der Waals surface area (Å²) >= 11 is 0. The summed E-state index contributed by atoms with van der Waals surface area (Å²) in [5.41, 5.74) is -1.44. The Labute approximate surface area is 117 Å². The van der Waals surface area contributed by atoms with E-state index in [2.05, 4.69) is 0 Å². The van der Waals surface area contributed by atoms with Crippen LogP contribution in [0.5, 0.6) is 40.2 Å². The van der Waals surface area contributed by atoms with Crippen molar-refractivity contribution in [2.45, 2.75) is 0 Å². The van der Waals surface area contributed by atoms with E-state index in [9.17, 15) is 40.5 Å². The highest BCUT2D eigenvalue weighted by atomic mass is 16.4. The van der Waals surface area contributed by atoms with Crippen molar-refractivity contribution in [1.82, 2.24) is 0 Å². The van der Waals surface area contributed by atoms with E-state index in [1.165, 1.54) is 0 Å². The fraction of sp³-hybridized carbons (Fsp3) is 0. The van der Waals surface area contributed by atoms with Gasteiger partial charge in [0.05, 0.1) is 5.56 Å². The number of ketones is 1. The molecule has 8 nitrogen and oxygen atoms in total. The molecule has 0 unspecified atom stereocenters. The smallest absolute Gasteiger partial charge is 0.208 e. The van der Waals surface area contributed by atoms with E-state index in [-0.39, 0.29) is 5.75 Å². The maximum absolute atomic E-state index is 12.2. The molecule has 0 saturated heterocycles. The van der Waals surface area contributed by atoms with Gasteiger partial charge in [0.2, 0.25) is 23.0 Å². The zero-order valence-corrected chi connectivity index (χ0v) is 10.3. The van der Waals surface area contributed by atoms with E-state index in [4.69, 9.17) is 0 Å². The molecule has 0 bridgehead atoms. The Kier molecular flexibility index (Phi) is 3.14. The van der Waals surface area contributed by atoms with Crippen LogP contribution in [0, 0.1) is 0 Å². The van der Waals surface area contributed by atoms with Crippen molar-refractivity contribution in [3.05, 3.63) is 29.3 Å². The third-order valence-corrected chi connectivity index (χ3v) is 2.82. The largest absolute Gasteiger partial charge is 0.508 e. The zero-order chi connectivity index (χ0) is 15.9. The lowest BCUT2D eigenvalue weighted by atomic mass is 9.99. The number of hydrogen-bond acceptors (Lipinski definition) is 8. The van der Waals surface area contributed by atoms with Gasteiger partial charge in [-0.25, -0.2) is 0 Å². The SMILES string of the molecule is O=C(c1cc(O)ccc1O)c1c(O)c(O)c(O)c(O)c1O. The number of phenols is 7. The summed E-state index contributed by atoms with van der Waals surface area (Å²) in [6, 6.07) is 2.95. The Hall–Kier alpha value is -3.29. The van der Waals surface area contributed by atoms with Crippen molar-refractivity contribution in [1.29, 1.82) is 0 Å². The molecule has 2 aromatic rings. The monoisotopic (exact) mass is 294 g/mol. The number of hydrogen-bond donors (Lipinski definition) is 7. The molecule has 0 aliphatic heterocycles. The molecular formula is C13H10O8. The van der Waals surface area contributed by atoms with Gasteiger partial charge in [0.1, 0.15) is 17.1 Å². The number of phenolic OH excluding ortho intramolecular Hbond substituents is 7. The molecule has 0 aliphatic rings. The molecule has 0 radical (unpaired) electrons.